The Morgan fingerprint density at radius 2 is 1.75 bits per heavy atom. The fourth-order valence-electron chi connectivity index (χ4n) is 3.60. The van der Waals surface area contributed by atoms with Gasteiger partial charge in [-0.05, 0) is 55.7 Å². The standard InChI is InChI=1S/C23H25NO4/c1-4-14-24-20(18-9-7-6-8-15(18)3)19(22(26)23(24)27)21(25)16-10-12-17(13-11-16)28-5-2/h6-13,20,25H,4-5,14H2,1-3H3/b21-19-. The molecule has 5 heteroatoms. The van der Waals surface area contributed by atoms with Gasteiger partial charge in [-0.2, -0.15) is 0 Å². The number of likely N-dealkylation sites (tertiary alicyclic amines) is 1. The molecule has 1 heterocycles. The minimum atomic E-state index is -0.645. The van der Waals surface area contributed by atoms with Crippen LogP contribution in [0.5, 0.6) is 5.75 Å². The zero-order chi connectivity index (χ0) is 20.3. The fourth-order valence-corrected chi connectivity index (χ4v) is 3.60. The summed E-state index contributed by atoms with van der Waals surface area (Å²) >= 11 is 0. The van der Waals surface area contributed by atoms with E-state index in [4.69, 9.17) is 4.74 Å². The number of hydrogen-bond acceptors (Lipinski definition) is 4. The van der Waals surface area contributed by atoms with Crippen molar-refractivity contribution in [2.75, 3.05) is 13.2 Å². The second kappa shape index (κ2) is 8.30. The molecule has 0 spiro atoms. The van der Waals surface area contributed by atoms with Crippen LogP contribution in [0.4, 0.5) is 0 Å². The SMILES string of the molecule is CCCN1C(=O)C(=O)/C(=C(\O)c2ccc(OCC)cc2)C1c1ccccc1C. The Labute approximate surface area is 165 Å². The van der Waals surface area contributed by atoms with Crippen LogP contribution in [0.2, 0.25) is 0 Å². The molecule has 0 saturated carbocycles. The van der Waals surface area contributed by atoms with E-state index in [0.717, 1.165) is 17.5 Å². The fraction of sp³-hybridized carbons (Fsp3) is 0.304. The summed E-state index contributed by atoms with van der Waals surface area (Å²) in [6.45, 7) is 6.79. The molecule has 1 fully saturated rings. The highest BCUT2D eigenvalue weighted by atomic mass is 16.5. The Bertz CT molecular complexity index is 914. The zero-order valence-electron chi connectivity index (χ0n) is 16.4. The summed E-state index contributed by atoms with van der Waals surface area (Å²) in [7, 11) is 0. The highest BCUT2D eigenvalue weighted by Crippen LogP contribution is 2.40. The van der Waals surface area contributed by atoms with E-state index in [-0.39, 0.29) is 11.3 Å². The first-order chi connectivity index (χ1) is 13.5. The van der Waals surface area contributed by atoms with Gasteiger partial charge in [0.05, 0.1) is 18.2 Å². The maximum atomic E-state index is 12.8. The van der Waals surface area contributed by atoms with Crippen molar-refractivity contribution in [2.45, 2.75) is 33.2 Å². The molecular formula is C23H25NO4. The van der Waals surface area contributed by atoms with Crippen LogP contribution < -0.4 is 4.74 Å². The lowest BCUT2D eigenvalue weighted by molar-refractivity contribution is -0.139. The molecule has 0 radical (unpaired) electrons. The van der Waals surface area contributed by atoms with Gasteiger partial charge in [-0.25, -0.2) is 0 Å². The van der Waals surface area contributed by atoms with Crippen molar-refractivity contribution < 1.29 is 19.4 Å². The lowest BCUT2D eigenvalue weighted by Crippen LogP contribution is -2.30. The van der Waals surface area contributed by atoms with Gasteiger partial charge >= 0.3 is 0 Å². The van der Waals surface area contributed by atoms with E-state index < -0.39 is 17.7 Å². The third-order valence-electron chi connectivity index (χ3n) is 4.93. The van der Waals surface area contributed by atoms with Crippen LogP contribution in [-0.4, -0.2) is 34.8 Å². The van der Waals surface area contributed by atoms with Crippen molar-refractivity contribution in [3.63, 3.8) is 0 Å². The van der Waals surface area contributed by atoms with E-state index in [2.05, 4.69) is 0 Å². The molecule has 0 aromatic heterocycles. The number of carbonyl (C=O) groups excluding carboxylic acids is 2. The number of aliphatic hydroxyl groups excluding tert-OH is 1. The molecular weight excluding hydrogens is 354 g/mol. The van der Waals surface area contributed by atoms with Gasteiger partial charge in [-0.1, -0.05) is 31.2 Å². The van der Waals surface area contributed by atoms with Gasteiger partial charge in [-0.3, -0.25) is 9.59 Å². The first-order valence-electron chi connectivity index (χ1n) is 9.56. The summed E-state index contributed by atoms with van der Waals surface area (Å²) in [5, 5.41) is 11.0. The smallest absolute Gasteiger partial charge is 0.295 e. The summed E-state index contributed by atoms with van der Waals surface area (Å²) in [5.41, 5.74) is 2.43. The Morgan fingerprint density at radius 3 is 2.36 bits per heavy atom. The van der Waals surface area contributed by atoms with Crippen molar-refractivity contribution in [3.05, 3.63) is 70.8 Å². The summed E-state index contributed by atoms with van der Waals surface area (Å²) in [6, 6.07) is 13.9. The molecule has 1 unspecified atom stereocenters. The van der Waals surface area contributed by atoms with Crippen molar-refractivity contribution in [1.82, 2.24) is 4.90 Å². The lowest BCUT2D eigenvalue weighted by Gasteiger charge is -2.26. The molecule has 1 N–H and O–H groups in total. The first-order valence-corrected chi connectivity index (χ1v) is 9.56. The summed E-state index contributed by atoms with van der Waals surface area (Å²) in [6.07, 6.45) is 0.721. The normalized spacial score (nSPS) is 18.5. The Balaban J connectivity index is 2.14. The highest BCUT2D eigenvalue weighted by Gasteiger charge is 2.46. The van der Waals surface area contributed by atoms with Crippen molar-refractivity contribution >= 4 is 17.4 Å². The second-order valence-corrected chi connectivity index (χ2v) is 6.81. The number of hydrogen-bond donors (Lipinski definition) is 1. The summed E-state index contributed by atoms with van der Waals surface area (Å²) < 4.78 is 5.43. The number of Topliss-reactive ketones (excluding diaryl/α,β-unsaturated/α-hetero) is 1. The van der Waals surface area contributed by atoms with Crippen molar-refractivity contribution in [2.24, 2.45) is 0 Å². The van der Waals surface area contributed by atoms with Gasteiger partial charge in [0.15, 0.2) is 0 Å². The average Bonchev–Trinajstić information content (AvgIpc) is 2.94. The quantitative estimate of drug-likeness (QED) is 0.463. The first kappa shape index (κ1) is 19.7. The number of nitrogens with zero attached hydrogens (tertiary/aromatic N) is 1. The summed E-state index contributed by atoms with van der Waals surface area (Å²) in [4.78, 5) is 27.1. The Morgan fingerprint density at radius 1 is 1.07 bits per heavy atom. The van der Waals surface area contributed by atoms with Crippen LogP contribution in [-0.2, 0) is 9.59 Å². The molecule has 146 valence electrons. The highest BCUT2D eigenvalue weighted by molar-refractivity contribution is 6.46. The van der Waals surface area contributed by atoms with Crippen LogP contribution in [0.1, 0.15) is 43.0 Å². The molecule has 1 atom stereocenters. The molecule has 3 rings (SSSR count). The van der Waals surface area contributed by atoms with Gasteiger partial charge in [0.1, 0.15) is 11.5 Å². The largest absolute Gasteiger partial charge is 0.507 e. The molecule has 1 aliphatic rings. The third kappa shape index (κ3) is 3.52. The minimum Gasteiger partial charge on any atom is -0.507 e. The van der Waals surface area contributed by atoms with E-state index in [1.54, 1.807) is 29.2 Å². The van der Waals surface area contributed by atoms with Gasteiger partial charge in [0, 0.05) is 12.1 Å². The number of ether oxygens (including phenoxy) is 1. The molecule has 2 aromatic rings. The molecule has 2 aromatic carbocycles. The van der Waals surface area contributed by atoms with E-state index >= 15 is 0 Å². The molecule has 0 bridgehead atoms. The van der Waals surface area contributed by atoms with E-state index in [9.17, 15) is 14.7 Å². The molecule has 1 amide bonds. The van der Waals surface area contributed by atoms with E-state index in [1.807, 2.05) is 45.0 Å². The molecule has 1 saturated heterocycles. The molecule has 0 aliphatic carbocycles. The van der Waals surface area contributed by atoms with Crippen LogP contribution in [0, 0.1) is 6.92 Å². The number of carbonyl (C=O) groups is 2. The monoisotopic (exact) mass is 379 g/mol. The minimum absolute atomic E-state index is 0.136. The maximum absolute atomic E-state index is 12.8. The predicted molar refractivity (Wildman–Crippen MR) is 108 cm³/mol. The number of aryl methyl sites for hydroxylation is 1. The second-order valence-electron chi connectivity index (χ2n) is 6.81. The average molecular weight is 379 g/mol. The maximum Gasteiger partial charge on any atom is 0.295 e. The van der Waals surface area contributed by atoms with Crippen molar-refractivity contribution in [1.29, 1.82) is 0 Å². The van der Waals surface area contributed by atoms with Crippen LogP contribution >= 0.6 is 0 Å². The number of rotatable bonds is 6. The van der Waals surface area contributed by atoms with Crippen LogP contribution in [0.3, 0.4) is 0 Å². The predicted octanol–water partition coefficient (Wildman–Crippen LogP) is 4.23. The van der Waals surface area contributed by atoms with Crippen LogP contribution in [0.15, 0.2) is 54.1 Å². The molecule has 1 aliphatic heterocycles. The van der Waals surface area contributed by atoms with E-state index in [0.29, 0.717) is 24.5 Å². The van der Waals surface area contributed by atoms with Gasteiger partial charge in [-0.15, -0.1) is 0 Å². The molecule has 5 nitrogen and oxygen atoms in total. The number of ketones is 1. The van der Waals surface area contributed by atoms with Gasteiger partial charge < -0.3 is 14.7 Å². The number of aliphatic hydroxyl groups is 1. The lowest BCUT2D eigenvalue weighted by atomic mass is 9.92. The zero-order valence-corrected chi connectivity index (χ0v) is 16.4. The topological polar surface area (TPSA) is 66.8 Å². The third-order valence-corrected chi connectivity index (χ3v) is 4.93. The Hall–Kier alpha value is -3.08. The van der Waals surface area contributed by atoms with Crippen molar-refractivity contribution in [3.8, 4) is 5.75 Å². The van der Waals surface area contributed by atoms with E-state index in [1.165, 1.54) is 0 Å². The number of benzene rings is 2. The summed E-state index contributed by atoms with van der Waals surface area (Å²) in [5.74, 6) is -0.690. The van der Waals surface area contributed by atoms with Gasteiger partial charge in [0.2, 0.25) is 0 Å². The van der Waals surface area contributed by atoms with Gasteiger partial charge in [0.25, 0.3) is 11.7 Å². The Kier molecular flexibility index (Phi) is 5.83. The molecule has 28 heavy (non-hydrogen) atoms. The number of amides is 1. The van der Waals surface area contributed by atoms with Crippen LogP contribution in [0.25, 0.3) is 5.76 Å².